The van der Waals surface area contributed by atoms with Crippen molar-refractivity contribution in [3.05, 3.63) is 59.3 Å². The van der Waals surface area contributed by atoms with Gasteiger partial charge in [0.05, 0.1) is 0 Å². The fourth-order valence-electron chi connectivity index (χ4n) is 1.59. The molecule has 0 spiro atoms. The van der Waals surface area contributed by atoms with Crippen LogP contribution in [0.5, 0.6) is 0 Å². The van der Waals surface area contributed by atoms with Crippen LogP contribution in [0.3, 0.4) is 0 Å². The number of hydrogen-bond acceptors (Lipinski definition) is 2. The summed E-state index contributed by atoms with van der Waals surface area (Å²) in [5.41, 5.74) is 3.75. The summed E-state index contributed by atoms with van der Waals surface area (Å²) in [5.74, 6) is 0.923. The van der Waals surface area contributed by atoms with Crippen molar-refractivity contribution in [2.75, 3.05) is 5.32 Å². The first kappa shape index (κ1) is 10.7. The lowest BCUT2D eigenvalue weighted by atomic mass is 10.1. The third kappa shape index (κ3) is 2.83. The molecule has 0 atom stereocenters. The molecule has 0 aliphatic rings. The van der Waals surface area contributed by atoms with Crippen LogP contribution < -0.4 is 5.32 Å². The number of rotatable bonds is 3. The van der Waals surface area contributed by atoms with Gasteiger partial charge in [0, 0.05) is 12.7 Å². The Morgan fingerprint density at radius 2 is 1.94 bits per heavy atom. The molecule has 16 heavy (non-hydrogen) atoms. The third-order valence-electron chi connectivity index (χ3n) is 2.47. The molecule has 82 valence electrons. The SMILES string of the molecule is Cc1ccc(NCc2cccc(C)c2)nc1. The van der Waals surface area contributed by atoms with Gasteiger partial charge in [-0.25, -0.2) is 4.98 Å². The van der Waals surface area contributed by atoms with Gasteiger partial charge >= 0.3 is 0 Å². The van der Waals surface area contributed by atoms with Gasteiger partial charge in [0.25, 0.3) is 0 Å². The predicted octanol–water partition coefficient (Wildman–Crippen LogP) is 3.31. The monoisotopic (exact) mass is 212 g/mol. The number of aromatic nitrogens is 1. The molecule has 2 rings (SSSR count). The van der Waals surface area contributed by atoms with Crippen LogP contribution in [0, 0.1) is 13.8 Å². The van der Waals surface area contributed by atoms with Crippen LogP contribution >= 0.6 is 0 Å². The zero-order valence-electron chi connectivity index (χ0n) is 9.70. The first-order chi connectivity index (χ1) is 7.74. The van der Waals surface area contributed by atoms with Gasteiger partial charge < -0.3 is 5.32 Å². The maximum Gasteiger partial charge on any atom is 0.126 e. The molecular formula is C14H16N2. The third-order valence-corrected chi connectivity index (χ3v) is 2.47. The maximum absolute atomic E-state index is 4.30. The number of nitrogens with one attached hydrogen (secondary N) is 1. The van der Waals surface area contributed by atoms with Crippen LogP contribution in [0.15, 0.2) is 42.6 Å². The molecule has 0 unspecified atom stereocenters. The van der Waals surface area contributed by atoms with E-state index in [1.807, 2.05) is 19.2 Å². The Labute approximate surface area is 96.4 Å². The van der Waals surface area contributed by atoms with E-state index in [1.54, 1.807) is 0 Å². The van der Waals surface area contributed by atoms with Crippen LogP contribution in [0.4, 0.5) is 5.82 Å². The minimum atomic E-state index is 0.817. The summed E-state index contributed by atoms with van der Waals surface area (Å²) < 4.78 is 0. The zero-order chi connectivity index (χ0) is 11.4. The second-order valence-electron chi connectivity index (χ2n) is 4.06. The Morgan fingerprint density at radius 3 is 2.62 bits per heavy atom. The number of anilines is 1. The van der Waals surface area contributed by atoms with Gasteiger partial charge in [0.1, 0.15) is 5.82 Å². The molecule has 0 amide bonds. The first-order valence-corrected chi connectivity index (χ1v) is 5.46. The summed E-state index contributed by atoms with van der Waals surface area (Å²) in [7, 11) is 0. The molecule has 2 heteroatoms. The van der Waals surface area contributed by atoms with Crippen molar-refractivity contribution in [2.45, 2.75) is 20.4 Å². The van der Waals surface area contributed by atoms with E-state index in [0.29, 0.717) is 0 Å². The Hall–Kier alpha value is -1.83. The fourth-order valence-corrected chi connectivity index (χ4v) is 1.59. The van der Waals surface area contributed by atoms with Gasteiger partial charge in [0.2, 0.25) is 0 Å². The molecule has 0 saturated heterocycles. The molecule has 0 saturated carbocycles. The smallest absolute Gasteiger partial charge is 0.126 e. The van der Waals surface area contributed by atoms with Gasteiger partial charge in [-0.15, -0.1) is 0 Å². The quantitative estimate of drug-likeness (QED) is 0.844. The van der Waals surface area contributed by atoms with E-state index in [-0.39, 0.29) is 0 Å². The van der Waals surface area contributed by atoms with E-state index < -0.39 is 0 Å². The normalized spacial score (nSPS) is 10.1. The van der Waals surface area contributed by atoms with E-state index in [1.165, 1.54) is 16.7 Å². The molecular weight excluding hydrogens is 196 g/mol. The van der Waals surface area contributed by atoms with E-state index in [4.69, 9.17) is 0 Å². The lowest BCUT2D eigenvalue weighted by molar-refractivity contribution is 1.10. The van der Waals surface area contributed by atoms with Crippen molar-refractivity contribution in [3.63, 3.8) is 0 Å². The van der Waals surface area contributed by atoms with Crippen molar-refractivity contribution in [1.29, 1.82) is 0 Å². The molecule has 2 aromatic rings. The topological polar surface area (TPSA) is 24.9 Å². The number of aryl methyl sites for hydroxylation is 2. The van der Waals surface area contributed by atoms with Gasteiger partial charge in [-0.3, -0.25) is 0 Å². The largest absolute Gasteiger partial charge is 0.366 e. The average Bonchev–Trinajstić information content (AvgIpc) is 2.28. The van der Waals surface area contributed by atoms with Crippen LogP contribution in [0.2, 0.25) is 0 Å². The molecule has 0 radical (unpaired) electrons. The summed E-state index contributed by atoms with van der Waals surface area (Å²) in [6.07, 6.45) is 1.87. The van der Waals surface area contributed by atoms with Crippen LogP contribution in [0.25, 0.3) is 0 Å². The molecule has 2 nitrogen and oxygen atoms in total. The predicted molar refractivity (Wildman–Crippen MR) is 67.5 cm³/mol. The van der Waals surface area contributed by atoms with E-state index in [9.17, 15) is 0 Å². The van der Waals surface area contributed by atoms with Crippen molar-refractivity contribution >= 4 is 5.82 Å². The van der Waals surface area contributed by atoms with Gasteiger partial charge in [-0.1, -0.05) is 35.9 Å². The number of nitrogens with zero attached hydrogens (tertiary/aromatic N) is 1. The van der Waals surface area contributed by atoms with E-state index in [2.05, 4.69) is 47.6 Å². The standard InChI is InChI=1S/C14H16N2/c1-11-4-3-5-13(8-11)10-16-14-7-6-12(2)9-15-14/h3-9H,10H2,1-2H3,(H,15,16). The zero-order valence-corrected chi connectivity index (χ0v) is 9.70. The summed E-state index contributed by atoms with van der Waals surface area (Å²) in [6, 6.07) is 12.6. The second-order valence-corrected chi connectivity index (χ2v) is 4.06. The van der Waals surface area contributed by atoms with Crippen molar-refractivity contribution in [3.8, 4) is 0 Å². The summed E-state index contributed by atoms with van der Waals surface area (Å²) in [6.45, 7) is 4.96. The highest BCUT2D eigenvalue weighted by molar-refractivity contribution is 5.36. The number of hydrogen-bond donors (Lipinski definition) is 1. The number of pyridine rings is 1. The fraction of sp³-hybridized carbons (Fsp3) is 0.214. The highest BCUT2D eigenvalue weighted by Crippen LogP contribution is 2.08. The summed E-state index contributed by atoms with van der Waals surface area (Å²) in [4.78, 5) is 4.30. The van der Waals surface area contributed by atoms with Crippen LogP contribution in [0.1, 0.15) is 16.7 Å². The summed E-state index contributed by atoms with van der Waals surface area (Å²) >= 11 is 0. The van der Waals surface area contributed by atoms with Gasteiger partial charge in [-0.2, -0.15) is 0 Å². The highest BCUT2D eigenvalue weighted by atomic mass is 15.0. The minimum absolute atomic E-state index is 0.817. The molecule has 1 N–H and O–H groups in total. The Morgan fingerprint density at radius 1 is 1.06 bits per heavy atom. The second kappa shape index (κ2) is 4.79. The van der Waals surface area contributed by atoms with Gasteiger partial charge in [0.15, 0.2) is 0 Å². The summed E-state index contributed by atoms with van der Waals surface area (Å²) in [5, 5.41) is 3.30. The van der Waals surface area contributed by atoms with E-state index in [0.717, 1.165) is 12.4 Å². The highest BCUT2D eigenvalue weighted by Gasteiger charge is 1.95. The molecule has 0 bridgehead atoms. The molecule has 0 aliphatic carbocycles. The molecule has 1 aromatic heterocycles. The Balaban J connectivity index is 1.99. The van der Waals surface area contributed by atoms with Crippen LogP contribution in [-0.2, 0) is 6.54 Å². The molecule has 1 aromatic carbocycles. The molecule has 1 heterocycles. The average molecular weight is 212 g/mol. The first-order valence-electron chi connectivity index (χ1n) is 5.46. The van der Waals surface area contributed by atoms with Crippen molar-refractivity contribution in [1.82, 2.24) is 4.98 Å². The van der Waals surface area contributed by atoms with Crippen molar-refractivity contribution < 1.29 is 0 Å². The lowest BCUT2D eigenvalue weighted by Crippen LogP contribution is -2.01. The minimum Gasteiger partial charge on any atom is -0.366 e. The Kier molecular flexibility index (Phi) is 3.20. The Bertz CT molecular complexity index is 460. The number of benzene rings is 1. The maximum atomic E-state index is 4.30. The molecule has 0 aliphatic heterocycles. The lowest BCUT2D eigenvalue weighted by Gasteiger charge is -2.06. The van der Waals surface area contributed by atoms with Crippen molar-refractivity contribution in [2.24, 2.45) is 0 Å². The van der Waals surface area contributed by atoms with Crippen LogP contribution in [-0.4, -0.2) is 4.98 Å². The molecule has 0 fully saturated rings. The van der Waals surface area contributed by atoms with E-state index >= 15 is 0 Å². The van der Waals surface area contributed by atoms with Gasteiger partial charge in [-0.05, 0) is 31.0 Å².